The molecule has 124 valence electrons. The number of nitrogens with two attached hydrogens (primary N) is 1. The van der Waals surface area contributed by atoms with Gasteiger partial charge in [0.1, 0.15) is 0 Å². The largest absolute Gasteiger partial charge is 0.389 e. The second-order valence-electron chi connectivity index (χ2n) is 9.33. The van der Waals surface area contributed by atoms with Crippen molar-refractivity contribution in [2.24, 2.45) is 34.3 Å². The summed E-state index contributed by atoms with van der Waals surface area (Å²) in [5.74, 6) is 1.91. The number of aliphatic hydroxyl groups is 1. The molecular weight excluding hydrogens is 258 g/mol. The molecular formula is C19H37NO. The minimum atomic E-state index is -0.531. The molecule has 0 aliphatic heterocycles. The van der Waals surface area contributed by atoms with Gasteiger partial charge in [-0.1, -0.05) is 34.6 Å². The lowest BCUT2D eigenvalue weighted by Gasteiger charge is -2.56. The topological polar surface area (TPSA) is 46.2 Å². The summed E-state index contributed by atoms with van der Waals surface area (Å²) < 4.78 is 0. The minimum absolute atomic E-state index is 0.0334. The van der Waals surface area contributed by atoms with E-state index in [0.717, 1.165) is 43.9 Å². The summed E-state index contributed by atoms with van der Waals surface area (Å²) in [5, 5.41) is 11.5. The average molecular weight is 296 g/mol. The predicted molar refractivity (Wildman–Crippen MR) is 90.0 cm³/mol. The van der Waals surface area contributed by atoms with E-state index in [1.807, 2.05) is 0 Å². The third-order valence-electron chi connectivity index (χ3n) is 7.07. The molecule has 2 aliphatic carbocycles. The summed E-state index contributed by atoms with van der Waals surface area (Å²) in [4.78, 5) is 0. The number of rotatable bonds is 2. The molecule has 2 aliphatic rings. The molecule has 2 saturated carbocycles. The van der Waals surface area contributed by atoms with E-state index < -0.39 is 5.60 Å². The molecule has 3 atom stereocenters. The van der Waals surface area contributed by atoms with E-state index >= 15 is 0 Å². The molecule has 2 nitrogen and oxygen atoms in total. The van der Waals surface area contributed by atoms with Crippen LogP contribution in [0.5, 0.6) is 0 Å². The van der Waals surface area contributed by atoms with Crippen LogP contribution in [0.15, 0.2) is 0 Å². The molecule has 0 amide bonds. The van der Waals surface area contributed by atoms with E-state index in [2.05, 4.69) is 34.6 Å². The lowest BCUT2D eigenvalue weighted by molar-refractivity contribution is -0.166. The molecule has 0 heterocycles. The van der Waals surface area contributed by atoms with Crippen molar-refractivity contribution in [3.8, 4) is 0 Å². The summed E-state index contributed by atoms with van der Waals surface area (Å²) in [6, 6.07) is 0. The van der Waals surface area contributed by atoms with Crippen molar-refractivity contribution in [2.45, 2.75) is 85.2 Å². The molecule has 0 spiro atoms. The Morgan fingerprint density at radius 3 is 2.05 bits per heavy atom. The summed E-state index contributed by atoms with van der Waals surface area (Å²) in [6.45, 7) is 12.3. The monoisotopic (exact) mass is 295 g/mol. The van der Waals surface area contributed by atoms with E-state index in [-0.39, 0.29) is 5.41 Å². The maximum atomic E-state index is 11.5. The lowest BCUT2D eigenvalue weighted by Crippen LogP contribution is -2.59. The highest BCUT2D eigenvalue weighted by Gasteiger charge is 2.55. The van der Waals surface area contributed by atoms with E-state index in [4.69, 9.17) is 5.73 Å². The Hall–Kier alpha value is -0.0800. The fourth-order valence-corrected chi connectivity index (χ4v) is 5.27. The Morgan fingerprint density at radius 1 is 1.05 bits per heavy atom. The van der Waals surface area contributed by atoms with E-state index in [9.17, 15) is 5.11 Å². The first-order valence-corrected chi connectivity index (χ1v) is 9.07. The molecule has 0 aromatic carbocycles. The van der Waals surface area contributed by atoms with Crippen LogP contribution in [0.3, 0.4) is 0 Å². The number of hydrogen-bond acceptors (Lipinski definition) is 2. The van der Waals surface area contributed by atoms with Gasteiger partial charge in [-0.2, -0.15) is 0 Å². The third kappa shape index (κ3) is 3.03. The van der Waals surface area contributed by atoms with Crippen LogP contribution in [0, 0.1) is 28.6 Å². The highest BCUT2D eigenvalue weighted by molar-refractivity contribution is 5.06. The van der Waals surface area contributed by atoms with Crippen molar-refractivity contribution in [1.29, 1.82) is 0 Å². The standard InChI is InChI=1S/C19H37NO/c1-14-6-11-19(21,15(2)12-14)18(13-20)9-7-16(8-10-18)17(3,4)5/h14-16,21H,6-13,20H2,1-5H3. The highest BCUT2D eigenvalue weighted by atomic mass is 16.3. The molecule has 2 heteroatoms. The zero-order valence-electron chi connectivity index (χ0n) is 14.9. The zero-order chi connectivity index (χ0) is 15.9. The molecule has 0 aromatic rings. The van der Waals surface area contributed by atoms with Crippen molar-refractivity contribution in [3.63, 3.8) is 0 Å². The van der Waals surface area contributed by atoms with Crippen molar-refractivity contribution >= 4 is 0 Å². The maximum absolute atomic E-state index is 11.5. The normalized spacial score (nSPS) is 45.6. The van der Waals surface area contributed by atoms with Gasteiger partial charge in [0, 0.05) is 12.0 Å². The van der Waals surface area contributed by atoms with E-state index in [1.165, 1.54) is 12.8 Å². The van der Waals surface area contributed by atoms with Gasteiger partial charge >= 0.3 is 0 Å². The van der Waals surface area contributed by atoms with Crippen LogP contribution >= 0.6 is 0 Å². The van der Waals surface area contributed by atoms with E-state index in [0.29, 0.717) is 17.9 Å². The molecule has 3 N–H and O–H groups in total. The molecule has 2 rings (SSSR count). The molecule has 0 bridgehead atoms. The maximum Gasteiger partial charge on any atom is 0.0741 e. The summed E-state index contributed by atoms with van der Waals surface area (Å²) >= 11 is 0. The summed E-state index contributed by atoms with van der Waals surface area (Å²) in [6.07, 6.45) is 7.94. The smallest absolute Gasteiger partial charge is 0.0741 e. The summed E-state index contributed by atoms with van der Waals surface area (Å²) in [5.41, 5.74) is 6.07. The molecule has 3 unspecified atom stereocenters. The van der Waals surface area contributed by atoms with E-state index in [1.54, 1.807) is 0 Å². The first-order valence-electron chi connectivity index (χ1n) is 9.07. The fourth-order valence-electron chi connectivity index (χ4n) is 5.27. The highest BCUT2D eigenvalue weighted by Crippen LogP contribution is 2.56. The average Bonchev–Trinajstić information content (AvgIpc) is 2.42. The van der Waals surface area contributed by atoms with Gasteiger partial charge in [-0.05, 0) is 68.1 Å². The van der Waals surface area contributed by atoms with Crippen molar-refractivity contribution < 1.29 is 5.11 Å². The van der Waals surface area contributed by atoms with Gasteiger partial charge < -0.3 is 10.8 Å². The Kier molecular flexibility index (Phi) is 4.81. The van der Waals surface area contributed by atoms with Crippen LogP contribution in [0.25, 0.3) is 0 Å². The third-order valence-corrected chi connectivity index (χ3v) is 7.07. The fraction of sp³-hybridized carbons (Fsp3) is 1.00. The SMILES string of the molecule is CC1CCC(O)(C2(CN)CCC(C(C)(C)C)CC2)C(C)C1. The number of hydrogen-bond donors (Lipinski definition) is 2. The minimum Gasteiger partial charge on any atom is -0.389 e. The van der Waals surface area contributed by atoms with Crippen LogP contribution < -0.4 is 5.73 Å². The molecule has 0 radical (unpaired) electrons. The predicted octanol–water partition coefficient (Wildman–Crippen LogP) is 4.36. The molecule has 2 fully saturated rings. The first-order chi connectivity index (χ1) is 9.64. The van der Waals surface area contributed by atoms with Gasteiger partial charge in [-0.15, -0.1) is 0 Å². The quantitative estimate of drug-likeness (QED) is 0.795. The Bertz CT molecular complexity index is 351. The Morgan fingerprint density at radius 2 is 1.62 bits per heavy atom. The van der Waals surface area contributed by atoms with Crippen molar-refractivity contribution in [3.05, 3.63) is 0 Å². The van der Waals surface area contributed by atoms with Crippen LogP contribution in [-0.4, -0.2) is 17.3 Å². The van der Waals surface area contributed by atoms with Gasteiger partial charge in [0.15, 0.2) is 0 Å². The Balaban J connectivity index is 2.16. The van der Waals surface area contributed by atoms with Crippen molar-refractivity contribution in [1.82, 2.24) is 0 Å². The lowest BCUT2D eigenvalue weighted by atomic mass is 9.52. The summed E-state index contributed by atoms with van der Waals surface area (Å²) in [7, 11) is 0. The second kappa shape index (κ2) is 5.85. The second-order valence-corrected chi connectivity index (χ2v) is 9.33. The van der Waals surface area contributed by atoms with Gasteiger partial charge in [-0.3, -0.25) is 0 Å². The molecule has 21 heavy (non-hydrogen) atoms. The molecule has 0 aromatic heterocycles. The van der Waals surface area contributed by atoms with Gasteiger partial charge in [0.25, 0.3) is 0 Å². The first kappa shape index (κ1) is 17.3. The van der Waals surface area contributed by atoms with Gasteiger partial charge in [-0.25, -0.2) is 0 Å². The van der Waals surface area contributed by atoms with Gasteiger partial charge in [0.05, 0.1) is 5.60 Å². The van der Waals surface area contributed by atoms with Gasteiger partial charge in [0.2, 0.25) is 0 Å². The Labute approximate surface area is 131 Å². The van der Waals surface area contributed by atoms with Crippen LogP contribution in [0.1, 0.15) is 79.6 Å². The van der Waals surface area contributed by atoms with Crippen LogP contribution in [0.4, 0.5) is 0 Å². The van der Waals surface area contributed by atoms with Crippen LogP contribution in [0.2, 0.25) is 0 Å². The molecule has 0 saturated heterocycles. The van der Waals surface area contributed by atoms with Crippen molar-refractivity contribution in [2.75, 3.05) is 6.54 Å². The zero-order valence-corrected chi connectivity index (χ0v) is 14.9. The van der Waals surface area contributed by atoms with Crippen LogP contribution in [-0.2, 0) is 0 Å².